The average molecular weight is 646 g/mol. The molecule has 0 amide bonds. The molecule has 10 aromatic rings. The molecule has 0 atom stereocenters. The molecule has 0 saturated carbocycles. The summed E-state index contributed by atoms with van der Waals surface area (Å²) in [5.41, 5.74) is 7.98. The topological polar surface area (TPSA) is 56.7 Å². The van der Waals surface area contributed by atoms with Crippen LogP contribution in [0.1, 0.15) is 6.85 Å². The van der Waals surface area contributed by atoms with Gasteiger partial charge in [0, 0.05) is 43.9 Å². The Hall–Kier alpha value is -6.85. The van der Waals surface area contributed by atoms with E-state index in [4.69, 9.17) is 21.2 Å². The lowest BCUT2D eigenvalue weighted by atomic mass is 9.99. The van der Waals surface area contributed by atoms with Gasteiger partial charge in [-0.1, -0.05) is 121 Å². The zero-order valence-corrected chi connectivity index (χ0v) is 26.5. The van der Waals surface area contributed by atoms with Crippen molar-refractivity contribution in [1.82, 2.24) is 19.5 Å². The van der Waals surface area contributed by atoms with Crippen LogP contribution in [0.5, 0.6) is 0 Å². The van der Waals surface area contributed by atoms with Crippen LogP contribution in [-0.4, -0.2) is 19.5 Å². The molecule has 3 heterocycles. The van der Waals surface area contributed by atoms with Crippen LogP contribution in [0.25, 0.3) is 94.7 Å². The zero-order valence-electron chi connectivity index (χ0n) is 31.5. The third-order valence-electron chi connectivity index (χ3n) is 9.15. The first-order valence-electron chi connectivity index (χ1n) is 18.8. The molecule has 5 nitrogen and oxygen atoms in total. The Morgan fingerprint density at radius 2 is 1.12 bits per heavy atom. The van der Waals surface area contributed by atoms with E-state index in [0.717, 1.165) is 44.0 Å². The van der Waals surface area contributed by atoms with Crippen molar-refractivity contribution in [3.05, 3.63) is 170 Å². The number of furan rings is 1. The molecule has 10 rings (SSSR count). The molecular formula is C45H28N4O. The third-order valence-corrected chi connectivity index (χ3v) is 9.15. The van der Waals surface area contributed by atoms with Gasteiger partial charge in [-0.05, 0) is 59.7 Å². The van der Waals surface area contributed by atoms with Crippen LogP contribution in [0.2, 0.25) is 0 Å². The predicted molar refractivity (Wildman–Crippen MR) is 203 cm³/mol. The molecule has 0 saturated heterocycles. The Bertz CT molecular complexity index is 3130. The van der Waals surface area contributed by atoms with E-state index in [9.17, 15) is 0 Å². The molecule has 234 valence electrons. The van der Waals surface area contributed by atoms with Gasteiger partial charge in [0.1, 0.15) is 11.2 Å². The van der Waals surface area contributed by atoms with E-state index < -0.39 is 18.1 Å². The van der Waals surface area contributed by atoms with Gasteiger partial charge in [0.15, 0.2) is 17.5 Å². The Morgan fingerprint density at radius 3 is 1.94 bits per heavy atom. The number of hydrogen-bond acceptors (Lipinski definition) is 4. The minimum Gasteiger partial charge on any atom is -0.456 e. The molecule has 3 aromatic heterocycles. The molecule has 0 bridgehead atoms. The Balaban J connectivity index is 1.18. The van der Waals surface area contributed by atoms with Crippen LogP contribution in [-0.2, 0) is 0 Å². The summed E-state index contributed by atoms with van der Waals surface area (Å²) in [6, 6.07) is 44.4. The normalized spacial score (nSPS) is 13.0. The minimum atomic E-state index is -0.483. The van der Waals surface area contributed by atoms with E-state index in [1.165, 1.54) is 5.39 Å². The SMILES string of the molecule is [2H]c1c([2H])c([2H])c(-c2nc(-c3ccccc3)nc(-c3cccc4oc5ccc(-c6ccc7c(c6)c6ccccc6n7-c6ccccc6)cc5c34)n2)c([2H])c1[2H]. The van der Waals surface area contributed by atoms with Crippen LogP contribution in [0, 0.1) is 0 Å². The average Bonchev–Trinajstić information content (AvgIpc) is 3.78. The first kappa shape index (κ1) is 23.5. The Morgan fingerprint density at radius 1 is 0.460 bits per heavy atom. The molecular weight excluding hydrogens is 613 g/mol. The van der Waals surface area contributed by atoms with Gasteiger partial charge in [-0.15, -0.1) is 0 Å². The number of nitrogens with zero attached hydrogens (tertiary/aromatic N) is 4. The van der Waals surface area contributed by atoms with Crippen molar-refractivity contribution in [2.45, 2.75) is 0 Å². The first-order chi connectivity index (χ1) is 26.9. The number of rotatable bonds is 5. The summed E-state index contributed by atoms with van der Waals surface area (Å²) in [7, 11) is 0. The lowest BCUT2D eigenvalue weighted by Crippen LogP contribution is -2.00. The highest BCUT2D eigenvalue weighted by Gasteiger charge is 2.19. The molecule has 5 heteroatoms. The summed E-state index contributed by atoms with van der Waals surface area (Å²) in [5, 5.41) is 3.96. The monoisotopic (exact) mass is 645 g/mol. The van der Waals surface area contributed by atoms with E-state index in [0.29, 0.717) is 28.1 Å². The fourth-order valence-corrected chi connectivity index (χ4v) is 6.89. The number of para-hydroxylation sites is 2. The quantitative estimate of drug-likeness (QED) is 0.187. The molecule has 50 heavy (non-hydrogen) atoms. The van der Waals surface area contributed by atoms with E-state index in [-0.39, 0.29) is 29.3 Å². The number of benzene rings is 7. The van der Waals surface area contributed by atoms with Crippen LogP contribution in [0.3, 0.4) is 0 Å². The Labute approximate surface area is 294 Å². The smallest absolute Gasteiger partial charge is 0.164 e. The van der Waals surface area contributed by atoms with E-state index >= 15 is 0 Å². The van der Waals surface area contributed by atoms with Crippen LogP contribution < -0.4 is 0 Å². The number of fused-ring (bicyclic) bond motifs is 6. The molecule has 0 aliphatic heterocycles. The highest BCUT2D eigenvalue weighted by atomic mass is 16.3. The zero-order chi connectivity index (χ0) is 37.4. The van der Waals surface area contributed by atoms with E-state index in [2.05, 4.69) is 88.4 Å². The molecule has 0 aliphatic rings. The summed E-state index contributed by atoms with van der Waals surface area (Å²) in [4.78, 5) is 14.4. The molecule has 0 radical (unpaired) electrons. The Kier molecular flexibility index (Phi) is 5.35. The second-order valence-corrected chi connectivity index (χ2v) is 12.1. The van der Waals surface area contributed by atoms with Gasteiger partial charge in [0.05, 0.1) is 17.9 Å². The largest absolute Gasteiger partial charge is 0.456 e. The van der Waals surface area contributed by atoms with Gasteiger partial charge in [0.2, 0.25) is 0 Å². The van der Waals surface area contributed by atoms with Crippen molar-refractivity contribution >= 4 is 43.7 Å². The maximum Gasteiger partial charge on any atom is 0.164 e. The van der Waals surface area contributed by atoms with Gasteiger partial charge in [-0.2, -0.15) is 0 Å². The van der Waals surface area contributed by atoms with Crippen LogP contribution in [0.15, 0.2) is 174 Å². The van der Waals surface area contributed by atoms with Gasteiger partial charge in [0.25, 0.3) is 0 Å². The van der Waals surface area contributed by atoms with Gasteiger partial charge < -0.3 is 8.98 Å². The maximum absolute atomic E-state index is 8.69. The second kappa shape index (κ2) is 11.4. The molecule has 0 aliphatic carbocycles. The van der Waals surface area contributed by atoms with Crippen molar-refractivity contribution in [2.24, 2.45) is 0 Å². The molecule has 0 N–H and O–H groups in total. The fourth-order valence-electron chi connectivity index (χ4n) is 6.89. The van der Waals surface area contributed by atoms with Crippen molar-refractivity contribution in [1.29, 1.82) is 0 Å². The third kappa shape index (κ3) is 4.60. The van der Waals surface area contributed by atoms with Gasteiger partial charge in [-0.3, -0.25) is 0 Å². The summed E-state index contributed by atoms with van der Waals surface area (Å²) in [5.74, 6) is 0.569. The summed E-state index contributed by atoms with van der Waals surface area (Å²) < 4.78 is 50.9. The summed E-state index contributed by atoms with van der Waals surface area (Å²) in [6.45, 7) is 0. The molecule has 7 aromatic carbocycles. The minimum absolute atomic E-state index is 0.0192. The van der Waals surface area contributed by atoms with Gasteiger partial charge in [-0.25, -0.2) is 15.0 Å². The summed E-state index contributed by atoms with van der Waals surface area (Å²) in [6.07, 6.45) is 0. The van der Waals surface area contributed by atoms with E-state index in [1.807, 2.05) is 60.7 Å². The highest BCUT2D eigenvalue weighted by Crippen LogP contribution is 2.40. The maximum atomic E-state index is 8.69. The van der Waals surface area contributed by atoms with Crippen molar-refractivity contribution in [3.8, 4) is 51.0 Å². The number of aromatic nitrogens is 4. The van der Waals surface area contributed by atoms with Crippen LogP contribution in [0.4, 0.5) is 0 Å². The standard InChI is InChI=1S/C45H28N4O/c1-4-13-29(14-5-1)43-46-44(30-15-6-2-7-16-30)48-45(47-43)35-20-12-22-41-42(35)37-28-32(24-26-40(37)50-41)31-23-25-39-36(27-31)34-19-10-11-21-38(34)49(39)33-17-8-3-9-18-33/h1-28H/i1D,4D,5D,13D,14D. The van der Waals surface area contributed by atoms with Gasteiger partial charge >= 0.3 is 0 Å². The van der Waals surface area contributed by atoms with Crippen molar-refractivity contribution in [2.75, 3.05) is 0 Å². The number of hydrogen-bond donors (Lipinski definition) is 0. The second-order valence-electron chi connectivity index (χ2n) is 12.1. The van der Waals surface area contributed by atoms with Crippen LogP contribution >= 0.6 is 0 Å². The fraction of sp³-hybridized carbons (Fsp3) is 0. The molecule has 0 unspecified atom stereocenters. The molecule has 0 spiro atoms. The first-order valence-corrected chi connectivity index (χ1v) is 16.3. The van der Waals surface area contributed by atoms with E-state index in [1.54, 1.807) is 0 Å². The highest BCUT2D eigenvalue weighted by molar-refractivity contribution is 6.14. The molecule has 0 fully saturated rings. The lowest BCUT2D eigenvalue weighted by Gasteiger charge is -2.09. The van der Waals surface area contributed by atoms with Crippen molar-refractivity contribution in [3.63, 3.8) is 0 Å². The van der Waals surface area contributed by atoms with Crippen molar-refractivity contribution < 1.29 is 11.3 Å². The predicted octanol–water partition coefficient (Wildman–Crippen LogP) is 11.5. The summed E-state index contributed by atoms with van der Waals surface area (Å²) >= 11 is 0. The lowest BCUT2D eigenvalue weighted by molar-refractivity contribution is 0.669.